The largest absolute Gasteiger partial charge is 0.468 e. The molecule has 2 rings (SSSR count). The third-order valence-corrected chi connectivity index (χ3v) is 5.45. The molecule has 1 aliphatic heterocycles. The fourth-order valence-corrected chi connectivity index (χ4v) is 3.76. The van der Waals surface area contributed by atoms with Crippen molar-refractivity contribution in [3.63, 3.8) is 0 Å². The topological polar surface area (TPSA) is 41.6 Å². The van der Waals surface area contributed by atoms with Gasteiger partial charge in [0, 0.05) is 6.04 Å². The summed E-state index contributed by atoms with van der Waals surface area (Å²) in [5, 5.41) is 3.25. The predicted octanol–water partition coefficient (Wildman–Crippen LogP) is 2.18. The lowest BCUT2D eigenvalue weighted by Gasteiger charge is -2.46. The van der Waals surface area contributed by atoms with E-state index in [0.29, 0.717) is 11.5 Å². The molecule has 116 valence electrons. The van der Waals surface area contributed by atoms with Crippen molar-refractivity contribution in [3.8, 4) is 0 Å². The first kappa shape index (κ1) is 15.8. The van der Waals surface area contributed by atoms with E-state index in [9.17, 15) is 4.79 Å². The SMILES string of the molecule is CNC1(C(=O)OC)CCCC(N2CCC(C)(C)CC2)C1. The summed E-state index contributed by atoms with van der Waals surface area (Å²) in [5.41, 5.74) is 0.0121. The number of nitrogens with zero attached hydrogens (tertiary/aromatic N) is 1. The number of hydrogen-bond donors (Lipinski definition) is 1. The highest BCUT2D eigenvalue weighted by molar-refractivity contribution is 5.81. The van der Waals surface area contributed by atoms with Crippen molar-refractivity contribution in [3.05, 3.63) is 0 Å². The van der Waals surface area contributed by atoms with E-state index in [0.717, 1.165) is 19.3 Å². The van der Waals surface area contributed by atoms with Gasteiger partial charge in [-0.15, -0.1) is 0 Å². The Bertz CT molecular complexity index is 346. The molecule has 4 nitrogen and oxygen atoms in total. The van der Waals surface area contributed by atoms with Gasteiger partial charge in [0.05, 0.1) is 7.11 Å². The second kappa shape index (κ2) is 6.02. The molecule has 1 aliphatic carbocycles. The highest BCUT2D eigenvalue weighted by Gasteiger charge is 2.44. The molecule has 2 atom stereocenters. The zero-order chi connectivity index (χ0) is 14.8. The van der Waals surface area contributed by atoms with Gasteiger partial charge in [-0.25, -0.2) is 0 Å². The fourth-order valence-electron chi connectivity index (χ4n) is 3.76. The first-order valence-corrected chi connectivity index (χ1v) is 7.94. The first-order valence-electron chi connectivity index (χ1n) is 7.94. The Hall–Kier alpha value is -0.610. The molecule has 0 bridgehead atoms. The van der Waals surface area contributed by atoms with E-state index in [1.165, 1.54) is 39.5 Å². The Kier molecular flexibility index (Phi) is 4.75. The molecule has 0 aromatic rings. The first-order chi connectivity index (χ1) is 9.42. The molecule has 2 fully saturated rings. The number of ether oxygens (including phenoxy) is 1. The average molecular weight is 282 g/mol. The lowest BCUT2D eigenvalue weighted by atomic mass is 9.76. The molecule has 0 spiro atoms. The molecule has 20 heavy (non-hydrogen) atoms. The number of rotatable bonds is 3. The number of methoxy groups -OCH3 is 1. The van der Waals surface area contributed by atoms with Gasteiger partial charge >= 0.3 is 5.97 Å². The molecule has 0 aromatic carbocycles. The highest BCUT2D eigenvalue weighted by atomic mass is 16.5. The van der Waals surface area contributed by atoms with Crippen LogP contribution in [0.1, 0.15) is 52.4 Å². The van der Waals surface area contributed by atoms with Crippen LogP contribution in [0.15, 0.2) is 0 Å². The lowest BCUT2D eigenvalue weighted by molar-refractivity contribution is -0.151. The van der Waals surface area contributed by atoms with Crippen LogP contribution in [0.3, 0.4) is 0 Å². The molecule has 1 N–H and O–H groups in total. The third kappa shape index (κ3) is 3.17. The van der Waals surface area contributed by atoms with Gasteiger partial charge < -0.3 is 15.0 Å². The van der Waals surface area contributed by atoms with E-state index in [4.69, 9.17) is 4.74 Å². The van der Waals surface area contributed by atoms with E-state index in [2.05, 4.69) is 24.1 Å². The average Bonchev–Trinajstić information content (AvgIpc) is 2.46. The molecule has 2 aliphatic rings. The molecule has 0 amide bonds. The van der Waals surface area contributed by atoms with Crippen molar-refractivity contribution in [1.29, 1.82) is 0 Å². The number of carbonyl (C=O) groups excluding carboxylic acids is 1. The van der Waals surface area contributed by atoms with Crippen LogP contribution in [0, 0.1) is 5.41 Å². The Morgan fingerprint density at radius 3 is 2.45 bits per heavy atom. The van der Waals surface area contributed by atoms with Crippen molar-refractivity contribution >= 4 is 5.97 Å². The molecule has 2 unspecified atom stereocenters. The summed E-state index contributed by atoms with van der Waals surface area (Å²) in [7, 11) is 3.38. The van der Waals surface area contributed by atoms with E-state index >= 15 is 0 Å². The smallest absolute Gasteiger partial charge is 0.326 e. The Labute approximate surface area is 123 Å². The van der Waals surface area contributed by atoms with E-state index in [-0.39, 0.29) is 5.97 Å². The molecule has 0 radical (unpaired) electrons. The molecule has 1 saturated heterocycles. The molecular weight excluding hydrogens is 252 g/mol. The van der Waals surface area contributed by atoms with Crippen LogP contribution >= 0.6 is 0 Å². The summed E-state index contributed by atoms with van der Waals surface area (Å²) >= 11 is 0. The predicted molar refractivity (Wildman–Crippen MR) is 80.7 cm³/mol. The Balaban J connectivity index is 2.01. The summed E-state index contributed by atoms with van der Waals surface area (Å²) in [6.45, 7) is 7.05. The minimum atomic E-state index is -0.468. The van der Waals surface area contributed by atoms with Crippen molar-refractivity contribution < 1.29 is 9.53 Å². The van der Waals surface area contributed by atoms with Crippen LogP contribution in [0.4, 0.5) is 0 Å². The molecule has 0 aromatic heterocycles. The van der Waals surface area contributed by atoms with Crippen LogP contribution in [0.2, 0.25) is 0 Å². The number of carbonyl (C=O) groups is 1. The van der Waals surface area contributed by atoms with Gasteiger partial charge in [-0.05, 0) is 64.1 Å². The highest BCUT2D eigenvalue weighted by Crippen LogP contribution is 2.36. The molecule has 4 heteroatoms. The third-order valence-electron chi connectivity index (χ3n) is 5.45. The van der Waals surface area contributed by atoms with Crippen molar-refractivity contribution in [2.45, 2.75) is 64.0 Å². The summed E-state index contributed by atoms with van der Waals surface area (Å²) in [6, 6.07) is 0.520. The van der Waals surface area contributed by atoms with E-state index < -0.39 is 5.54 Å². The van der Waals surface area contributed by atoms with Crippen molar-refractivity contribution in [2.75, 3.05) is 27.2 Å². The second-order valence-corrected chi connectivity index (χ2v) is 7.27. The number of piperidine rings is 1. The minimum Gasteiger partial charge on any atom is -0.468 e. The summed E-state index contributed by atoms with van der Waals surface area (Å²) in [6.07, 6.45) is 6.60. The maximum Gasteiger partial charge on any atom is 0.326 e. The molecule has 1 saturated carbocycles. The summed E-state index contributed by atoms with van der Waals surface area (Å²) < 4.78 is 5.03. The normalized spacial score (nSPS) is 34.7. The Morgan fingerprint density at radius 1 is 1.25 bits per heavy atom. The van der Waals surface area contributed by atoms with E-state index in [1.807, 2.05) is 7.05 Å². The monoisotopic (exact) mass is 282 g/mol. The van der Waals surface area contributed by atoms with Gasteiger partial charge in [0.25, 0.3) is 0 Å². The van der Waals surface area contributed by atoms with Crippen molar-refractivity contribution in [1.82, 2.24) is 10.2 Å². The molecule has 1 heterocycles. The van der Waals surface area contributed by atoms with E-state index in [1.54, 1.807) is 0 Å². The summed E-state index contributed by atoms with van der Waals surface area (Å²) in [5.74, 6) is -0.0953. The maximum atomic E-state index is 12.1. The minimum absolute atomic E-state index is 0.0953. The number of esters is 1. The fraction of sp³-hybridized carbons (Fsp3) is 0.938. The Morgan fingerprint density at radius 2 is 1.90 bits per heavy atom. The second-order valence-electron chi connectivity index (χ2n) is 7.27. The zero-order valence-electron chi connectivity index (χ0n) is 13.5. The van der Waals surface area contributed by atoms with Gasteiger partial charge in [0.1, 0.15) is 5.54 Å². The number of nitrogens with one attached hydrogen (secondary N) is 1. The number of likely N-dealkylation sites (tertiary alicyclic amines) is 1. The van der Waals surface area contributed by atoms with Crippen LogP contribution in [-0.2, 0) is 9.53 Å². The number of likely N-dealkylation sites (N-methyl/N-ethyl adjacent to an activating group) is 1. The summed E-state index contributed by atoms with van der Waals surface area (Å²) in [4.78, 5) is 14.7. The van der Waals surface area contributed by atoms with Crippen LogP contribution in [0.25, 0.3) is 0 Å². The molecular formula is C16H30N2O2. The van der Waals surface area contributed by atoms with Gasteiger partial charge in [0.2, 0.25) is 0 Å². The zero-order valence-corrected chi connectivity index (χ0v) is 13.5. The lowest BCUT2D eigenvalue weighted by Crippen LogP contribution is -2.58. The van der Waals surface area contributed by atoms with Gasteiger partial charge in [-0.2, -0.15) is 0 Å². The van der Waals surface area contributed by atoms with Crippen LogP contribution in [-0.4, -0.2) is 49.7 Å². The van der Waals surface area contributed by atoms with Crippen LogP contribution < -0.4 is 5.32 Å². The quantitative estimate of drug-likeness (QED) is 0.806. The van der Waals surface area contributed by atoms with Gasteiger partial charge in [-0.3, -0.25) is 4.79 Å². The maximum absolute atomic E-state index is 12.1. The van der Waals surface area contributed by atoms with Gasteiger partial charge in [-0.1, -0.05) is 13.8 Å². The number of hydrogen-bond acceptors (Lipinski definition) is 4. The van der Waals surface area contributed by atoms with Gasteiger partial charge in [0.15, 0.2) is 0 Å². The van der Waals surface area contributed by atoms with Crippen molar-refractivity contribution in [2.24, 2.45) is 5.41 Å². The van der Waals surface area contributed by atoms with Crippen LogP contribution in [0.5, 0.6) is 0 Å². The standard InChI is InChI=1S/C16H30N2O2/c1-15(2)8-10-18(11-9-15)13-6-5-7-16(12-13,17-3)14(19)20-4/h13,17H,5-12H2,1-4H3.